The summed E-state index contributed by atoms with van der Waals surface area (Å²) in [6.07, 6.45) is 0.174. The van der Waals surface area contributed by atoms with Crippen LogP contribution in [-0.4, -0.2) is 30.0 Å². The van der Waals surface area contributed by atoms with Crippen molar-refractivity contribution in [2.45, 2.75) is 26.4 Å². The molecule has 0 bridgehead atoms. The van der Waals surface area contributed by atoms with Crippen molar-refractivity contribution in [3.63, 3.8) is 0 Å². The highest BCUT2D eigenvalue weighted by molar-refractivity contribution is 9.09. The van der Waals surface area contributed by atoms with Crippen LogP contribution in [0.3, 0.4) is 0 Å². The lowest BCUT2D eigenvalue weighted by Crippen LogP contribution is -2.22. The molecule has 1 aromatic carbocycles. The predicted octanol–water partition coefficient (Wildman–Crippen LogP) is 2.73. The van der Waals surface area contributed by atoms with Crippen LogP contribution < -0.4 is 0 Å². The average molecular weight is 329 g/mol. The molecule has 1 rings (SSSR count). The molecule has 1 aromatic rings. The van der Waals surface area contributed by atoms with Gasteiger partial charge in [0.05, 0.1) is 12.2 Å². The maximum absolute atomic E-state index is 11.8. The van der Waals surface area contributed by atoms with E-state index in [4.69, 9.17) is 9.47 Å². The molecule has 0 fully saturated rings. The fourth-order valence-electron chi connectivity index (χ4n) is 1.71. The summed E-state index contributed by atoms with van der Waals surface area (Å²) in [5.74, 6) is -0.688. The van der Waals surface area contributed by atoms with Crippen LogP contribution >= 0.6 is 15.9 Å². The van der Waals surface area contributed by atoms with Gasteiger partial charge >= 0.3 is 11.9 Å². The molecule has 0 aliphatic carbocycles. The van der Waals surface area contributed by atoms with Gasteiger partial charge < -0.3 is 9.47 Å². The molecule has 0 amide bonds. The van der Waals surface area contributed by atoms with Gasteiger partial charge in [0.15, 0.2) is 0 Å². The molecule has 104 valence electrons. The first kappa shape index (κ1) is 15.7. The van der Waals surface area contributed by atoms with E-state index in [1.54, 1.807) is 19.1 Å². The van der Waals surface area contributed by atoms with Crippen molar-refractivity contribution >= 4 is 27.9 Å². The second-order valence-corrected chi connectivity index (χ2v) is 4.61. The van der Waals surface area contributed by atoms with Crippen molar-refractivity contribution in [1.29, 1.82) is 0 Å². The van der Waals surface area contributed by atoms with Crippen LogP contribution in [0.1, 0.15) is 29.8 Å². The molecule has 0 aliphatic heterocycles. The molecule has 4 nitrogen and oxygen atoms in total. The Hall–Kier alpha value is -1.36. The quantitative estimate of drug-likeness (QED) is 0.595. The van der Waals surface area contributed by atoms with Crippen molar-refractivity contribution in [3.05, 3.63) is 35.4 Å². The summed E-state index contributed by atoms with van der Waals surface area (Å²) < 4.78 is 10.2. The van der Waals surface area contributed by atoms with Gasteiger partial charge in [0.25, 0.3) is 0 Å². The lowest BCUT2D eigenvalue weighted by Gasteiger charge is -2.16. The number of carbonyl (C=O) groups is 2. The Morgan fingerprint density at radius 2 is 2.00 bits per heavy atom. The van der Waals surface area contributed by atoms with E-state index in [0.29, 0.717) is 23.9 Å². The van der Waals surface area contributed by atoms with Crippen LogP contribution in [0.2, 0.25) is 0 Å². The number of halogens is 1. The van der Waals surface area contributed by atoms with Crippen LogP contribution in [0.15, 0.2) is 24.3 Å². The van der Waals surface area contributed by atoms with Gasteiger partial charge in [0, 0.05) is 18.7 Å². The standard InChI is InChI=1S/C14H17BrO4/c1-3-18-14(17)13-7-5-4-6-11(13)8-12(9-15)19-10(2)16/h4-7,12H,3,8-9H2,1-2H3. The van der Waals surface area contributed by atoms with Crippen LogP contribution in [-0.2, 0) is 20.7 Å². The molecule has 0 spiro atoms. The van der Waals surface area contributed by atoms with Gasteiger partial charge in [-0.15, -0.1) is 0 Å². The molecular formula is C14H17BrO4. The number of ether oxygens (including phenoxy) is 2. The third kappa shape index (κ3) is 5.03. The van der Waals surface area contributed by atoms with E-state index in [0.717, 1.165) is 5.56 Å². The Labute approximate surface area is 121 Å². The molecule has 1 atom stereocenters. The Morgan fingerprint density at radius 3 is 2.58 bits per heavy atom. The number of alkyl halides is 1. The Morgan fingerprint density at radius 1 is 1.32 bits per heavy atom. The second kappa shape index (κ2) is 7.94. The van der Waals surface area contributed by atoms with Gasteiger partial charge in [-0.25, -0.2) is 4.79 Å². The van der Waals surface area contributed by atoms with Crippen LogP contribution in [0.25, 0.3) is 0 Å². The van der Waals surface area contributed by atoms with Crippen molar-refractivity contribution < 1.29 is 19.1 Å². The zero-order chi connectivity index (χ0) is 14.3. The zero-order valence-electron chi connectivity index (χ0n) is 11.0. The normalized spacial score (nSPS) is 11.7. The van der Waals surface area contributed by atoms with Crippen molar-refractivity contribution in [2.24, 2.45) is 0 Å². The molecule has 0 aromatic heterocycles. The van der Waals surface area contributed by atoms with Crippen molar-refractivity contribution in [1.82, 2.24) is 0 Å². The van der Waals surface area contributed by atoms with E-state index in [1.807, 2.05) is 12.1 Å². The molecule has 0 N–H and O–H groups in total. The van der Waals surface area contributed by atoms with E-state index in [2.05, 4.69) is 15.9 Å². The zero-order valence-corrected chi connectivity index (χ0v) is 12.6. The first-order valence-electron chi connectivity index (χ1n) is 6.06. The molecule has 1 unspecified atom stereocenters. The Bertz CT molecular complexity index is 445. The van der Waals surface area contributed by atoms with Gasteiger partial charge in [-0.3, -0.25) is 4.79 Å². The lowest BCUT2D eigenvalue weighted by atomic mass is 10.0. The highest BCUT2D eigenvalue weighted by Gasteiger charge is 2.17. The van der Waals surface area contributed by atoms with Gasteiger partial charge in [-0.2, -0.15) is 0 Å². The molecule has 0 saturated carbocycles. The van der Waals surface area contributed by atoms with Crippen LogP contribution in [0.4, 0.5) is 0 Å². The first-order valence-corrected chi connectivity index (χ1v) is 7.18. The topological polar surface area (TPSA) is 52.6 Å². The summed E-state index contributed by atoms with van der Waals surface area (Å²) in [6.45, 7) is 3.46. The molecule has 0 radical (unpaired) electrons. The predicted molar refractivity (Wildman–Crippen MR) is 75.5 cm³/mol. The monoisotopic (exact) mass is 328 g/mol. The maximum atomic E-state index is 11.8. The number of benzene rings is 1. The van der Waals surface area contributed by atoms with Gasteiger partial charge in [-0.1, -0.05) is 34.1 Å². The number of carbonyl (C=O) groups excluding carboxylic acids is 2. The smallest absolute Gasteiger partial charge is 0.338 e. The van der Waals surface area contributed by atoms with Crippen LogP contribution in [0.5, 0.6) is 0 Å². The fraction of sp³-hybridized carbons (Fsp3) is 0.429. The Kier molecular flexibility index (Phi) is 6.56. The summed E-state index contributed by atoms with van der Waals surface area (Å²) >= 11 is 3.30. The number of esters is 2. The van der Waals surface area contributed by atoms with E-state index in [1.165, 1.54) is 6.92 Å². The van der Waals surface area contributed by atoms with Crippen molar-refractivity contribution in [2.75, 3.05) is 11.9 Å². The largest absolute Gasteiger partial charge is 0.462 e. The maximum Gasteiger partial charge on any atom is 0.338 e. The van der Waals surface area contributed by atoms with Crippen molar-refractivity contribution in [3.8, 4) is 0 Å². The molecule has 0 saturated heterocycles. The minimum Gasteiger partial charge on any atom is -0.462 e. The molecular weight excluding hydrogens is 312 g/mol. The lowest BCUT2D eigenvalue weighted by molar-refractivity contribution is -0.145. The minimum atomic E-state index is -0.353. The highest BCUT2D eigenvalue weighted by atomic mass is 79.9. The van der Waals surface area contributed by atoms with Crippen LogP contribution in [0, 0.1) is 0 Å². The van der Waals surface area contributed by atoms with E-state index in [9.17, 15) is 9.59 Å². The highest BCUT2D eigenvalue weighted by Crippen LogP contribution is 2.15. The number of hydrogen-bond acceptors (Lipinski definition) is 4. The number of hydrogen-bond donors (Lipinski definition) is 0. The van der Waals surface area contributed by atoms with Gasteiger partial charge in [0.1, 0.15) is 6.10 Å². The molecule has 0 aliphatic rings. The third-order valence-electron chi connectivity index (χ3n) is 2.47. The summed E-state index contributed by atoms with van der Waals surface area (Å²) in [5.41, 5.74) is 1.33. The number of rotatable bonds is 6. The molecule has 5 heteroatoms. The SMILES string of the molecule is CCOC(=O)c1ccccc1CC(CBr)OC(C)=O. The average Bonchev–Trinajstić information content (AvgIpc) is 2.38. The van der Waals surface area contributed by atoms with E-state index >= 15 is 0 Å². The summed E-state index contributed by atoms with van der Waals surface area (Å²) in [7, 11) is 0. The fourth-order valence-corrected chi connectivity index (χ4v) is 2.08. The molecule has 19 heavy (non-hydrogen) atoms. The second-order valence-electron chi connectivity index (χ2n) is 3.97. The van der Waals surface area contributed by atoms with Gasteiger partial charge in [0.2, 0.25) is 0 Å². The first-order chi connectivity index (χ1) is 9.08. The van der Waals surface area contributed by atoms with E-state index < -0.39 is 0 Å². The Balaban J connectivity index is 2.87. The van der Waals surface area contributed by atoms with E-state index in [-0.39, 0.29) is 18.0 Å². The molecule has 0 heterocycles. The summed E-state index contributed by atoms with van der Waals surface area (Å²) in [4.78, 5) is 22.8. The third-order valence-corrected chi connectivity index (χ3v) is 3.19. The summed E-state index contributed by atoms with van der Waals surface area (Å²) in [5, 5.41) is 0.518. The van der Waals surface area contributed by atoms with Gasteiger partial charge in [-0.05, 0) is 18.6 Å². The summed E-state index contributed by atoms with van der Waals surface area (Å²) in [6, 6.07) is 7.18. The minimum absolute atomic E-state index is 0.298.